The van der Waals surface area contributed by atoms with E-state index in [9.17, 15) is 14.0 Å². The first-order valence-corrected chi connectivity index (χ1v) is 13.9. The number of imidazole rings is 1. The number of methoxy groups -OCH3 is 1. The predicted octanol–water partition coefficient (Wildman–Crippen LogP) is 4.06. The molecule has 4 aromatic rings. The van der Waals surface area contributed by atoms with Crippen LogP contribution in [0.25, 0.3) is 16.9 Å². The van der Waals surface area contributed by atoms with E-state index in [1.807, 2.05) is 26.0 Å². The molecule has 0 aliphatic carbocycles. The van der Waals surface area contributed by atoms with Crippen LogP contribution in [-0.4, -0.2) is 82.0 Å². The number of halogens is 2. The van der Waals surface area contributed by atoms with Crippen molar-refractivity contribution in [3.8, 4) is 17.0 Å². The summed E-state index contributed by atoms with van der Waals surface area (Å²) in [5.41, 5.74) is 9.37. The van der Waals surface area contributed by atoms with E-state index in [0.29, 0.717) is 61.0 Å². The Labute approximate surface area is 247 Å². The lowest BCUT2D eigenvalue weighted by Crippen LogP contribution is -2.54. The molecule has 11 nitrogen and oxygen atoms in total. The highest BCUT2D eigenvalue weighted by Gasteiger charge is 2.26. The molecule has 42 heavy (non-hydrogen) atoms. The number of nitrogens with zero attached hydrogens (tertiary/aromatic N) is 5. The highest BCUT2D eigenvalue weighted by Crippen LogP contribution is 2.35. The number of anilines is 2. The molecule has 4 N–H and O–H groups in total. The molecule has 0 saturated carbocycles. The van der Waals surface area contributed by atoms with Gasteiger partial charge in [0.05, 0.1) is 24.0 Å². The summed E-state index contributed by atoms with van der Waals surface area (Å²) in [5.74, 6) is -0.197. The number of piperazine rings is 1. The number of hydrogen-bond acceptors (Lipinski definition) is 7. The Kier molecular flexibility index (Phi) is 8.46. The minimum Gasteiger partial charge on any atom is -0.494 e. The number of nitrogens with one attached hydrogen (secondary N) is 2. The molecular formula is C29H32ClFN8O3. The molecule has 13 heteroatoms. The second-order valence-corrected chi connectivity index (χ2v) is 10.5. The third-order valence-corrected chi connectivity index (χ3v) is 7.49. The lowest BCUT2D eigenvalue weighted by atomic mass is 10.1. The fraction of sp³-hybridized carbons (Fsp3) is 0.310. The summed E-state index contributed by atoms with van der Waals surface area (Å²) in [4.78, 5) is 38.0. The third-order valence-electron chi connectivity index (χ3n) is 7.12. The van der Waals surface area contributed by atoms with Crippen LogP contribution in [-0.2, 0) is 0 Å². The van der Waals surface area contributed by atoms with E-state index in [1.54, 1.807) is 44.9 Å². The number of hydrogen-bond donors (Lipinski definition) is 3. The first-order chi connectivity index (χ1) is 20.2. The fourth-order valence-corrected chi connectivity index (χ4v) is 5.11. The van der Waals surface area contributed by atoms with Crippen molar-refractivity contribution in [2.75, 3.05) is 45.2 Å². The van der Waals surface area contributed by atoms with E-state index in [4.69, 9.17) is 22.1 Å². The summed E-state index contributed by atoms with van der Waals surface area (Å²) in [5, 5.41) is 6.02. The Morgan fingerprint density at radius 3 is 2.57 bits per heavy atom. The van der Waals surface area contributed by atoms with Gasteiger partial charge in [-0.3, -0.25) is 9.20 Å². The maximum absolute atomic E-state index is 14.6. The van der Waals surface area contributed by atoms with E-state index in [2.05, 4.69) is 20.6 Å². The van der Waals surface area contributed by atoms with Gasteiger partial charge in [0, 0.05) is 68.0 Å². The zero-order valence-electron chi connectivity index (χ0n) is 23.5. The van der Waals surface area contributed by atoms with Gasteiger partial charge in [-0.15, -0.1) is 0 Å². The van der Waals surface area contributed by atoms with Crippen LogP contribution < -0.4 is 21.1 Å². The van der Waals surface area contributed by atoms with Crippen molar-refractivity contribution in [2.24, 2.45) is 5.73 Å². The number of urea groups is 1. The average molecular weight is 595 g/mol. The molecule has 1 fully saturated rings. The number of ether oxygens (including phenoxy) is 1. The molecule has 1 aliphatic heterocycles. The van der Waals surface area contributed by atoms with Crippen molar-refractivity contribution in [1.82, 2.24) is 29.5 Å². The Hall–Kier alpha value is -4.42. The van der Waals surface area contributed by atoms with Gasteiger partial charge in [-0.1, -0.05) is 11.6 Å². The van der Waals surface area contributed by atoms with Crippen molar-refractivity contribution in [3.05, 3.63) is 70.9 Å². The molecule has 2 aromatic heterocycles. The largest absolute Gasteiger partial charge is 0.494 e. The summed E-state index contributed by atoms with van der Waals surface area (Å²) in [6, 6.07) is 8.36. The van der Waals surface area contributed by atoms with E-state index in [-0.39, 0.29) is 28.8 Å². The zero-order valence-corrected chi connectivity index (χ0v) is 24.3. The summed E-state index contributed by atoms with van der Waals surface area (Å²) in [6.07, 6.45) is 4.93. The van der Waals surface area contributed by atoms with Gasteiger partial charge in [-0.25, -0.2) is 19.2 Å². The first-order valence-electron chi connectivity index (χ1n) is 13.5. The number of aryl methyl sites for hydroxylation is 1. The lowest BCUT2D eigenvalue weighted by molar-refractivity contribution is 0.0664. The Morgan fingerprint density at radius 2 is 1.88 bits per heavy atom. The Bertz CT molecular complexity index is 1630. The van der Waals surface area contributed by atoms with Crippen LogP contribution in [0, 0.1) is 12.7 Å². The standard InChI is InChI=1S/C29H32ClFN8O3/c1-17-14-19(4-5-20(17)28(40)37-10-12-38(13-11-37)29(41)35-15-18(2)32)36-26-27-34-16-22(39(27)9-8-33-26)21-6-7-23(42-3)25(31)24(21)30/h4-9,14,16,18H,10-13,15,32H2,1-3H3,(H,33,36)(H,35,41). The predicted molar refractivity (Wildman–Crippen MR) is 159 cm³/mol. The van der Waals surface area contributed by atoms with E-state index in [1.165, 1.54) is 13.2 Å². The van der Waals surface area contributed by atoms with Crippen LogP contribution in [0.3, 0.4) is 0 Å². The second-order valence-electron chi connectivity index (χ2n) is 10.2. The molecule has 3 heterocycles. The number of nitrogens with two attached hydrogens (primary N) is 1. The van der Waals surface area contributed by atoms with Gasteiger partial charge in [0.2, 0.25) is 0 Å². The van der Waals surface area contributed by atoms with Crippen LogP contribution in [0.2, 0.25) is 5.02 Å². The van der Waals surface area contributed by atoms with Crippen LogP contribution in [0.1, 0.15) is 22.8 Å². The van der Waals surface area contributed by atoms with Gasteiger partial charge in [-0.2, -0.15) is 0 Å². The van der Waals surface area contributed by atoms with Crippen LogP contribution in [0.4, 0.5) is 20.7 Å². The van der Waals surface area contributed by atoms with Crippen molar-refractivity contribution in [2.45, 2.75) is 19.9 Å². The summed E-state index contributed by atoms with van der Waals surface area (Å²) in [6.45, 7) is 5.89. The van der Waals surface area contributed by atoms with E-state index in [0.717, 1.165) is 11.3 Å². The topological polar surface area (TPSA) is 130 Å². The van der Waals surface area contributed by atoms with Gasteiger partial charge < -0.3 is 30.9 Å². The van der Waals surface area contributed by atoms with Crippen LogP contribution in [0.15, 0.2) is 48.9 Å². The van der Waals surface area contributed by atoms with Gasteiger partial charge in [0.15, 0.2) is 23.0 Å². The minimum absolute atomic E-state index is 0.0570. The quantitative estimate of drug-likeness (QED) is 0.294. The second kappa shape index (κ2) is 12.2. The SMILES string of the molecule is COc1ccc(-c2cnc3c(Nc4ccc(C(=O)N5CCN(C(=O)NCC(C)N)CC5)c(C)c4)nccn23)c(Cl)c1F. The molecule has 5 rings (SSSR count). The number of benzene rings is 2. The first kappa shape index (κ1) is 29.1. The normalized spacial score (nSPS) is 14.1. The number of amides is 3. The average Bonchev–Trinajstić information content (AvgIpc) is 3.42. The molecule has 220 valence electrons. The zero-order chi connectivity index (χ0) is 30.0. The Morgan fingerprint density at radius 1 is 1.14 bits per heavy atom. The molecule has 1 atom stereocenters. The number of rotatable bonds is 7. The number of carbonyl (C=O) groups is 2. The van der Waals surface area contributed by atoms with Crippen molar-refractivity contribution in [3.63, 3.8) is 0 Å². The summed E-state index contributed by atoms with van der Waals surface area (Å²) in [7, 11) is 1.38. The number of aromatic nitrogens is 3. The highest BCUT2D eigenvalue weighted by molar-refractivity contribution is 6.33. The van der Waals surface area contributed by atoms with E-state index < -0.39 is 5.82 Å². The van der Waals surface area contributed by atoms with Crippen molar-refractivity contribution < 1.29 is 18.7 Å². The van der Waals surface area contributed by atoms with Crippen LogP contribution >= 0.6 is 11.6 Å². The molecule has 0 bridgehead atoms. The van der Waals surface area contributed by atoms with Gasteiger partial charge >= 0.3 is 6.03 Å². The minimum atomic E-state index is -0.645. The lowest BCUT2D eigenvalue weighted by Gasteiger charge is -2.35. The molecule has 3 amide bonds. The summed E-state index contributed by atoms with van der Waals surface area (Å²) >= 11 is 6.31. The summed E-state index contributed by atoms with van der Waals surface area (Å²) < 4.78 is 21.4. The van der Waals surface area contributed by atoms with Gasteiger partial charge in [0.1, 0.15) is 0 Å². The maximum atomic E-state index is 14.6. The molecule has 1 aliphatic rings. The molecule has 0 spiro atoms. The molecule has 2 aromatic carbocycles. The van der Waals surface area contributed by atoms with Crippen molar-refractivity contribution >= 4 is 40.7 Å². The fourth-order valence-electron chi connectivity index (χ4n) is 4.86. The van der Waals surface area contributed by atoms with E-state index >= 15 is 0 Å². The van der Waals surface area contributed by atoms with Gasteiger partial charge in [-0.05, 0) is 49.7 Å². The number of carbonyl (C=O) groups excluding carboxylic acids is 2. The maximum Gasteiger partial charge on any atom is 0.317 e. The molecule has 0 radical (unpaired) electrons. The number of fused-ring (bicyclic) bond motifs is 1. The third kappa shape index (κ3) is 5.81. The molecule has 1 saturated heterocycles. The Balaban J connectivity index is 1.29. The molecule has 1 unspecified atom stereocenters. The monoisotopic (exact) mass is 594 g/mol. The van der Waals surface area contributed by atoms with Gasteiger partial charge in [0.25, 0.3) is 5.91 Å². The molecular weight excluding hydrogens is 563 g/mol. The van der Waals surface area contributed by atoms with Crippen LogP contribution in [0.5, 0.6) is 5.75 Å². The smallest absolute Gasteiger partial charge is 0.317 e. The van der Waals surface area contributed by atoms with Crippen molar-refractivity contribution in [1.29, 1.82) is 0 Å². The highest BCUT2D eigenvalue weighted by atomic mass is 35.5.